The van der Waals surface area contributed by atoms with E-state index in [-0.39, 0.29) is 17.4 Å². The number of carbonyl (C=O) groups is 2. The fourth-order valence-electron chi connectivity index (χ4n) is 3.40. The van der Waals surface area contributed by atoms with E-state index in [9.17, 15) is 9.59 Å². The van der Waals surface area contributed by atoms with E-state index < -0.39 is 11.4 Å². The normalized spacial score (nSPS) is 17.2. The van der Waals surface area contributed by atoms with Crippen molar-refractivity contribution in [3.63, 3.8) is 0 Å². The van der Waals surface area contributed by atoms with Crippen LogP contribution in [0.15, 0.2) is 95.4 Å². The summed E-state index contributed by atoms with van der Waals surface area (Å²) < 4.78 is 5.81. The van der Waals surface area contributed by atoms with E-state index in [0.717, 1.165) is 5.56 Å². The first-order chi connectivity index (χ1) is 15.8. The number of nitrogens with two attached hydrogens (primary N) is 2. The van der Waals surface area contributed by atoms with Gasteiger partial charge in [0.05, 0.1) is 5.54 Å². The molecule has 0 aromatic heterocycles. The van der Waals surface area contributed by atoms with Crippen LogP contribution in [-0.4, -0.2) is 18.0 Å². The third-order valence-electron chi connectivity index (χ3n) is 5.14. The average molecular weight is 441 g/mol. The molecule has 4 rings (SSSR count). The molecule has 1 heterocycles. The second kappa shape index (κ2) is 8.88. The summed E-state index contributed by atoms with van der Waals surface area (Å²) in [7, 11) is 0. The number of rotatable bonds is 6. The number of hydrogen-bond acceptors (Lipinski definition) is 6. The van der Waals surface area contributed by atoms with Crippen LogP contribution in [0.4, 0.5) is 5.69 Å². The molecule has 166 valence electrons. The molecule has 3 aromatic carbocycles. The topological polar surface area (TPSA) is 132 Å². The lowest BCUT2D eigenvalue weighted by Gasteiger charge is -2.32. The van der Waals surface area contributed by atoms with Gasteiger partial charge in [-0.25, -0.2) is 4.99 Å². The van der Waals surface area contributed by atoms with E-state index >= 15 is 0 Å². The molecule has 2 amide bonds. The quantitative estimate of drug-likeness (QED) is 0.466. The SMILES string of the molecule is CC1(c2cccc(NC(=O)c3cccc(Oc4ccccc4)c3)c2)C=NC(N)=C(C(N)=O)N1. The van der Waals surface area contributed by atoms with Gasteiger partial charge < -0.3 is 26.8 Å². The highest BCUT2D eigenvalue weighted by atomic mass is 16.5. The number of carbonyl (C=O) groups excluding carboxylic acids is 2. The van der Waals surface area contributed by atoms with E-state index in [2.05, 4.69) is 15.6 Å². The minimum Gasteiger partial charge on any atom is -0.457 e. The summed E-state index contributed by atoms with van der Waals surface area (Å²) in [5.41, 5.74) is 12.1. The third-order valence-corrected chi connectivity index (χ3v) is 5.14. The van der Waals surface area contributed by atoms with Crippen LogP contribution >= 0.6 is 0 Å². The predicted octanol–water partition coefficient (Wildman–Crippen LogP) is 3.23. The van der Waals surface area contributed by atoms with Crippen molar-refractivity contribution in [2.45, 2.75) is 12.5 Å². The highest BCUT2D eigenvalue weighted by Crippen LogP contribution is 2.27. The molecule has 6 N–H and O–H groups in total. The lowest BCUT2D eigenvalue weighted by Crippen LogP contribution is -2.47. The smallest absolute Gasteiger partial charge is 0.268 e. The van der Waals surface area contributed by atoms with Crippen LogP contribution in [0.1, 0.15) is 22.8 Å². The maximum atomic E-state index is 12.9. The van der Waals surface area contributed by atoms with Crippen molar-refractivity contribution in [3.8, 4) is 11.5 Å². The molecule has 1 atom stereocenters. The molecular formula is C25H23N5O3. The molecule has 8 nitrogen and oxygen atoms in total. The first-order valence-electron chi connectivity index (χ1n) is 10.2. The number of aliphatic imine (C=N–C) groups is 1. The molecule has 0 saturated carbocycles. The van der Waals surface area contributed by atoms with E-state index in [1.54, 1.807) is 48.7 Å². The molecule has 33 heavy (non-hydrogen) atoms. The van der Waals surface area contributed by atoms with Crippen LogP contribution in [0, 0.1) is 0 Å². The summed E-state index contributed by atoms with van der Waals surface area (Å²) in [6.45, 7) is 1.83. The summed E-state index contributed by atoms with van der Waals surface area (Å²) in [6.07, 6.45) is 1.60. The zero-order valence-electron chi connectivity index (χ0n) is 17.9. The molecule has 0 aliphatic carbocycles. The Bertz CT molecular complexity index is 1270. The van der Waals surface area contributed by atoms with Gasteiger partial charge in [0.1, 0.15) is 17.2 Å². The Morgan fingerprint density at radius 1 is 0.970 bits per heavy atom. The molecule has 0 fully saturated rings. The van der Waals surface area contributed by atoms with E-state index in [4.69, 9.17) is 16.2 Å². The molecule has 0 spiro atoms. The van der Waals surface area contributed by atoms with Gasteiger partial charge in [-0.3, -0.25) is 9.59 Å². The molecular weight excluding hydrogens is 418 g/mol. The van der Waals surface area contributed by atoms with Gasteiger partial charge in [-0.15, -0.1) is 0 Å². The molecule has 3 aromatic rings. The maximum absolute atomic E-state index is 12.9. The summed E-state index contributed by atoms with van der Waals surface area (Å²) in [5, 5.41) is 5.93. The van der Waals surface area contributed by atoms with Crippen molar-refractivity contribution in [2.24, 2.45) is 16.5 Å². The van der Waals surface area contributed by atoms with Crippen LogP contribution in [0.5, 0.6) is 11.5 Å². The van der Waals surface area contributed by atoms with Gasteiger partial charge in [0, 0.05) is 17.5 Å². The highest BCUT2D eigenvalue weighted by Gasteiger charge is 2.31. The van der Waals surface area contributed by atoms with E-state index in [1.165, 1.54) is 0 Å². The van der Waals surface area contributed by atoms with Gasteiger partial charge in [0.2, 0.25) is 0 Å². The van der Waals surface area contributed by atoms with Crippen molar-refractivity contribution in [3.05, 3.63) is 102 Å². The number of ether oxygens (including phenoxy) is 1. The van der Waals surface area contributed by atoms with Gasteiger partial charge in [0.15, 0.2) is 5.82 Å². The van der Waals surface area contributed by atoms with Crippen molar-refractivity contribution in [2.75, 3.05) is 5.32 Å². The molecule has 0 bridgehead atoms. The largest absolute Gasteiger partial charge is 0.457 e. The fourth-order valence-corrected chi connectivity index (χ4v) is 3.40. The monoisotopic (exact) mass is 441 g/mol. The lowest BCUT2D eigenvalue weighted by molar-refractivity contribution is -0.115. The van der Waals surface area contributed by atoms with E-state index in [0.29, 0.717) is 22.7 Å². The van der Waals surface area contributed by atoms with E-state index in [1.807, 2.05) is 43.3 Å². The van der Waals surface area contributed by atoms with Gasteiger partial charge in [0.25, 0.3) is 11.8 Å². The average Bonchev–Trinajstić information content (AvgIpc) is 2.82. The standard InChI is InChI=1S/C25H23N5O3/c1-25(15-28-22(26)21(30-25)23(27)31)17-8-6-9-18(14-17)29-24(32)16-7-5-12-20(13-16)33-19-10-3-2-4-11-19/h2-15,30H,26H2,1H3,(H2,27,31)(H,29,32). The Morgan fingerprint density at radius 3 is 2.45 bits per heavy atom. The Morgan fingerprint density at radius 2 is 1.70 bits per heavy atom. The summed E-state index contributed by atoms with van der Waals surface area (Å²) in [4.78, 5) is 28.7. The van der Waals surface area contributed by atoms with Crippen LogP contribution < -0.4 is 26.8 Å². The number of anilines is 1. The Labute approximate surface area is 191 Å². The van der Waals surface area contributed by atoms with Gasteiger partial charge in [-0.05, 0) is 55.0 Å². The maximum Gasteiger partial charge on any atom is 0.268 e. The van der Waals surface area contributed by atoms with Crippen LogP contribution in [-0.2, 0) is 10.3 Å². The summed E-state index contributed by atoms with van der Waals surface area (Å²) in [5.74, 6) is 0.284. The highest BCUT2D eigenvalue weighted by molar-refractivity contribution is 6.04. The Kier molecular flexibility index (Phi) is 5.82. The number of nitrogens with zero attached hydrogens (tertiary/aromatic N) is 1. The zero-order chi connectivity index (χ0) is 23.4. The van der Waals surface area contributed by atoms with Crippen LogP contribution in [0.3, 0.4) is 0 Å². The lowest BCUT2D eigenvalue weighted by atomic mass is 9.91. The molecule has 1 aliphatic rings. The van der Waals surface area contributed by atoms with Crippen molar-refractivity contribution < 1.29 is 14.3 Å². The number of hydrogen-bond donors (Lipinski definition) is 4. The third kappa shape index (κ3) is 4.85. The summed E-state index contributed by atoms with van der Waals surface area (Å²) in [6, 6.07) is 23.5. The van der Waals surface area contributed by atoms with Crippen molar-refractivity contribution in [1.29, 1.82) is 0 Å². The molecule has 0 radical (unpaired) electrons. The first kappa shape index (κ1) is 21.6. The van der Waals surface area contributed by atoms with Gasteiger partial charge in [-0.2, -0.15) is 0 Å². The summed E-state index contributed by atoms with van der Waals surface area (Å²) >= 11 is 0. The zero-order valence-corrected chi connectivity index (χ0v) is 17.9. The number of amides is 2. The number of primary amides is 1. The number of nitrogens with one attached hydrogen (secondary N) is 2. The molecule has 1 unspecified atom stereocenters. The minimum absolute atomic E-state index is 0.0297. The Balaban J connectivity index is 1.51. The second-order valence-corrected chi connectivity index (χ2v) is 7.69. The van der Waals surface area contributed by atoms with Crippen LogP contribution in [0.2, 0.25) is 0 Å². The van der Waals surface area contributed by atoms with Crippen LogP contribution in [0.25, 0.3) is 0 Å². The number of para-hydroxylation sites is 1. The molecule has 1 aliphatic heterocycles. The first-order valence-corrected chi connectivity index (χ1v) is 10.2. The molecule has 0 saturated heterocycles. The second-order valence-electron chi connectivity index (χ2n) is 7.69. The van der Waals surface area contributed by atoms with Gasteiger partial charge in [-0.1, -0.05) is 36.4 Å². The Hall–Kier alpha value is -4.59. The van der Waals surface area contributed by atoms with Crippen molar-refractivity contribution >= 4 is 23.7 Å². The van der Waals surface area contributed by atoms with Crippen molar-refractivity contribution in [1.82, 2.24) is 5.32 Å². The number of benzene rings is 3. The predicted molar refractivity (Wildman–Crippen MR) is 127 cm³/mol. The minimum atomic E-state index is -0.836. The molecule has 8 heteroatoms. The van der Waals surface area contributed by atoms with Gasteiger partial charge >= 0.3 is 0 Å². The fraction of sp³-hybridized carbons (Fsp3) is 0.0800.